The number of ether oxygens (including phenoxy) is 1. The van der Waals surface area contributed by atoms with Crippen LogP contribution in [-0.4, -0.2) is 38.1 Å². The zero-order valence-corrected chi connectivity index (χ0v) is 10.3. The molecule has 0 saturated heterocycles. The smallest absolute Gasteiger partial charge is 0.241 e. The fourth-order valence-corrected chi connectivity index (χ4v) is 1.22. The molecule has 0 aliphatic heterocycles. The van der Waals surface area contributed by atoms with Crippen LogP contribution in [0.5, 0.6) is 5.75 Å². The normalized spacial score (nSPS) is 9.88. The minimum atomic E-state index is -0.436. The number of carbonyl (C=O) groups is 1. The summed E-state index contributed by atoms with van der Waals surface area (Å²) < 4.78 is 18.5. The Hall–Kier alpha value is -1.78. The van der Waals surface area contributed by atoms with Crippen LogP contribution in [0.15, 0.2) is 18.2 Å². The summed E-state index contributed by atoms with van der Waals surface area (Å²) in [5.74, 6) is -0.287. The summed E-state index contributed by atoms with van der Waals surface area (Å²) in [6, 6.07) is 4.53. The molecule has 0 radical (unpaired) electrons. The molecule has 1 amide bonds. The second-order valence-corrected chi connectivity index (χ2v) is 3.72. The average Bonchev–Trinajstić information content (AvgIpc) is 2.29. The van der Waals surface area contributed by atoms with Crippen LogP contribution in [0.4, 0.5) is 10.1 Å². The fourth-order valence-electron chi connectivity index (χ4n) is 1.22. The molecule has 0 aliphatic carbocycles. The van der Waals surface area contributed by atoms with E-state index < -0.39 is 5.82 Å². The van der Waals surface area contributed by atoms with Gasteiger partial charge in [-0.25, -0.2) is 4.39 Å². The van der Waals surface area contributed by atoms with E-state index in [1.54, 1.807) is 33.2 Å². The highest BCUT2D eigenvalue weighted by Gasteiger charge is 2.06. The minimum absolute atomic E-state index is 0.0701. The highest BCUT2D eigenvalue weighted by atomic mass is 19.1. The van der Waals surface area contributed by atoms with E-state index in [-0.39, 0.29) is 18.2 Å². The molecule has 0 unspecified atom stereocenters. The van der Waals surface area contributed by atoms with E-state index in [1.807, 2.05) is 0 Å². The standard InChI is InChI=1S/C12H17FN2O2/c1-4-17-11-6-5-9(7-10(11)13)14-8-12(16)15(2)3/h5-7,14H,4,8H2,1-3H3. The number of halogens is 1. The summed E-state index contributed by atoms with van der Waals surface area (Å²) in [6.45, 7) is 2.35. The molecule has 94 valence electrons. The minimum Gasteiger partial charge on any atom is -0.491 e. The van der Waals surface area contributed by atoms with Crippen LogP contribution in [0.3, 0.4) is 0 Å². The van der Waals surface area contributed by atoms with Crippen molar-refractivity contribution in [2.24, 2.45) is 0 Å². The summed E-state index contributed by atoms with van der Waals surface area (Å²) in [5, 5.41) is 2.85. The van der Waals surface area contributed by atoms with Gasteiger partial charge in [0.25, 0.3) is 0 Å². The molecule has 0 bridgehead atoms. The lowest BCUT2D eigenvalue weighted by atomic mass is 10.3. The number of nitrogens with one attached hydrogen (secondary N) is 1. The average molecular weight is 240 g/mol. The van der Waals surface area contributed by atoms with Gasteiger partial charge in [-0.05, 0) is 19.1 Å². The van der Waals surface area contributed by atoms with Crippen molar-refractivity contribution in [2.75, 3.05) is 32.6 Å². The number of nitrogens with zero attached hydrogens (tertiary/aromatic N) is 1. The van der Waals surface area contributed by atoms with Gasteiger partial charge in [0.2, 0.25) is 5.91 Å². The van der Waals surface area contributed by atoms with E-state index in [1.165, 1.54) is 11.0 Å². The van der Waals surface area contributed by atoms with Crippen LogP contribution in [-0.2, 0) is 4.79 Å². The van der Waals surface area contributed by atoms with Crippen molar-refractivity contribution in [1.29, 1.82) is 0 Å². The van der Waals surface area contributed by atoms with E-state index in [0.29, 0.717) is 12.3 Å². The van der Waals surface area contributed by atoms with Crippen LogP contribution in [0.1, 0.15) is 6.92 Å². The Morgan fingerprint density at radius 3 is 2.71 bits per heavy atom. The number of likely N-dealkylation sites (N-methyl/N-ethyl adjacent to an activating group) is 1. The summed E-state index contributed by atoms with van der Waals surface area (Å²) >= 11 is 0. The number of hydrogen-bond donors (Lipinski definition) is 1. The topological polar surface area (TPSA) is 41.6 Å². The van der Waals surface area contributed by atoms with Crippen LogP contribution >= 0.6 is 0 Å². The van der Waals surface area contributed by atoms with Gasteiger partial charge in [-0.15, -0.1) is 0 Å². The van der Waals surface area contributed by atoms with Crippen LogP contribution in [0.2, 0.25) is 0 Å². The van der Waals surface area contributed by atoms with Crippen molar-refractivity contribution in [3.63, 3.8) is 0 Å². The fraction of sp³-hybridized carbons (Fsp3) is 0.417. The first kappa shape index (κ1) is 13.3. The lowest BCUT2D eigenvalue weighted by Crippen LogP contribution is -2.28. The van der Waals surface area contributed by atoms with Gasteiger partial charge in [-0.1, -0.05) is 0 Å². The predicted molar refractivity (Wildman–Crippen MR) is 64.8 cm³/mol. The Balaban J connectivity index is 2.61. The van der Waals surface area contributed by atoms with Crippen molar-refractivity contribution in [1.82, 2.24) is 4.90 Å². The maximum atomic E-state index is 13.5. The van der Waals surface area contributed by atoms with Crippen molar-refractivity contribution in [2.45, 2.75) is 6.92 Å². The van der Waals surface area contributed by atoms with Gasteiger partial charge in [0.15, 0.2) is 11.6 Å². The molecule has 1 rings (SSSR count). The molecule has 4 nitrogen and oxygen atoms in total. The monoisotopic (exact) mass is 240 g/mol. The molecule has 0 saturated carbocycles. The quantitative estimate of drug-likeness (QED) is 0.852. The van der Waals surface area contributed by atoms with Crippen LogP contribution < -0.4 is 10.1 Å². The van der Waals surface area contributed by atoms with Gasteiger partial charge in [0.1, 0.15) is 0 Å². The van der Waals surface area contributed by atoms with E-state index in [0.717, 1.165) is 0 Å². The van der Waals surface area contributed by atoms with E-state index in [2.05, 4.69) is 5.32 Å². The summed E-state index contributed by atoms with van der Waals surface area (Å²) in [7, 11) is 3.34. The molecule has 0 atom stereocenters. The van der Waals surface area contributed by atoms with Crippen molar-refractivity contribution in [3.05, 3.63) is 24.0 Å². The second kappa shape index (κ2) is 6.08. The molecule has 17 heavy (non-hydrogen) atoms. The molecule has 1 aromatic rings. The number of anilines is 1. The Bertz CT molecular complexity index is 394. The summed E-state index contributed by atoms with van der Waals surface area (Å²) in [5.41, 5.74) is 0.557. The summed E-state index contributed by atoms with van der Waals surface area (Å²) in [6.07, 6.45) is 0. The third-order valence-electron chi connectivity index (χ3n) is 2.17. The van der Waals surface area contributed by atoms with Gasteiger partial charge in [0, 0.05) is 25.8 Å². The van der Waals surface area contributed by atoms with Crippen molar-refractivity contribution >= 4 is 11.6 Å². The molecule has 0 fully saturated rings. The number of hydrogen-bond acceptors (Lipinski definition) is 3. The Labute approximate surface area is 100 Å². The first-order chi connectivity index (χ1) is 8.04. The zero-order chi connectivity index (χ0) is 12.8. The Morgan fingerprint density at radius 1 is 1.47 bits per heavy atom. The number of benzene rings is 1. The maximum absolute atomic E-state index is 13.5. The first-order valence-corrected chi connectivity index (χ1v) is 5.41. The number of amides is 1. The highest BCUT2D eigenvalue weighted by molar-refractivity contribution is 5.80. The van der Waals surface area contributed by atoms with Gasteiger partial charge < -0.3 is 15.0 Å². The molecule has 1 N–H and O–H groups in total. The number of rotatable bonds is 5. The molecule has 0 aliphatic rings. The molecule has 0 aromatic heterocycles. The SMILES string of the molecule is CCOc1ccc(NCC(=O)N(C)C)cc1F. The third-order valence-corrected chi connectivity index (χ3v) is 2.17. The van der Waals surface area contributed by atoms with Crippen LogP contribution in [0.25, 0.3) is 0 Å². The molecular weight excluding hydrogens is 223 g/mol. The Kier molecular flexibility index (Phi) is 4.75. The van der Waals surface area contributed by atoms with Crippen molar-refractivity contribution in [3.8, 4) is 5.75 Å². The van der Waals surface area contributed by atoms with Gasteiger partial charge >= 0.3 is 0 Å². The zero-order valence-electron chi connectivity index (χ0n) is 10.3. The van der Waals surface area contributed by atoms with Crippen molar-refractivity contribution < 1.29 is 13.9 Å². The van der Waals surface area contributed by atoms with E-state index >= 15 is 0 Å². The predicted octanol–water partition coefficient (Wildman–Crippen LogP) is 1.72. The third kappa shape index (κ3) is 3.94. The largest absolute Gasteiger partial charge is 0.491 e. The van der Waals surface area contributed by atoms with Gasteiger partial charge in [-0.2, -0.15) is 0 Å². The van der Waals surface area contributed by atoms with Crippen LogP contribution in [0, 0.1) is 5.82 Å². The molecule has 5 heteroatoms. The van der Waals surface area contributed by atoms with E-state index in [9.17, 15) is 9.18 Å². The molecule has 0 heterocycles. The summed E-state index contributed by atoms with van der Waals surface area (Å²) in [4.78, 5) is 12.8. The lowest BCUT2D eigenvalue weighted by Gasteiger charge is -2.12. The van der Waals surface area contributed by atoms with Gasteiger partial charge in [0.05, 0.1) is 13.2 Å². The lowest BCUT2D eigenvalue weighted by molar-refractivity contribution is -0.126. The molecular formula is C12H17FN2O2. The Morgan fingerprint density at radius 2 is 2.18 bits per heavy atom. The molecule has 1 aromatic carbocycles. The molecule has 0 spiro atoms. The van der Waals surface area contributed by atoms with Gasteiger partial charge in [-0.3, -0.25) is 4.79 Å². The number of carbonyl (C=O) groups excluding carboxylic acids is 1. The second-order valence-electron chi connectivity index (χ2n) is 3.72. The highest BCUT2D eigenvalue weighted by Crippen LogP contribution is 2.20. The maximum Gasteiger partial charge on any atom is 0.241 e. The first-order valence-electron chi connectivity index (χ1n) is 5.41. The van der Waals surface area contributed by atoms with E-state index in [4.69, 9.17) is 4.74 Å².